The summed E-state index contributed by atoms with van der Waals surface area (Å²) in [5.74, 6) is 2.45. The molecule has 0 bridgehead atoms. The molecule has 1 fully saturated rings. The number of nitrogens with one attached hydrogen (secondary N) is 1. The average molecular weight is 358 g/mol. The molecule has 2 aromatic rings. The van der Waals surface area contributed by atoms with E-state index in [1.54, 1.807) is 11.3 Å². The topological polar surface area (TPSA) is 36.9 Å². The molecule has 0 spiro atoms. The molecule has 1 saturated heterocycles. The van der Waals surface area contributed by atoms with Crippen molar-refractivity contribution in [3.63, 3.8) is 0 Å². The standard InChI is InChI=1S/C20H27N3OS/c1-16(17-10-13-25-15-17)14-22-20(21-2)23-11-8-19(9-12-23)24-18-6-4-3-5-7-18/h3-7,10,13,15-16,19H,8-9,11-12,14H2,1-2H3,(H,21,22). The van der Waals surface area contributed by atoms with Crippen LogP contribution in [0.1, 0.15) is 31.2 Å². The molecule has 25 heavy (non-hydrogen) atoms. The summed E-state index contributed by atoms with van der Waals surface area (Å²) in [6, 6.07) is 12.3. The third-order valence-corrected chi connectivity index (χ3v) is 5.38. The number of piperidine rings is 1. The zero-order valence-corrected chi connectivity index (χ0v) is 15.8. The van der Waals surface area contributed by atoms with Crippen molar-refractivity contribution in [2.45, 2.75) is 31.8 Å². The fraction of sp³-hybridized carbons (Fsp3) is 0.450. The molecule has 1 aromatic carbocycles. The molecule has 1 N–H and O–H groups in total. The summed E-state index contributed by atoms with van der Waals surface area (Å²) in [5.41, 5.74) is 1.39. The van der Waals surface area contributed by atoms with Gasteiger partial charge >= 0.3 is 0 Å². The second-order valence-corrected chi connectivity index (χ2v) is 7.28. The van der Waals surface area contributed by atoms with Crippen LogP contribution in [-0.4, -0.2) is 43.6 Å². The minimum Gasteiger partial charge on any atom is -0.490 e. The molecule has 0 saturated carbocycles. The number of guanidine groups is 1. The molecule has 134 valence electrons. The van der Waals surface area contributed by atoms with Gasteiger partial charge in [-0.25, -0.2) is 0 Å². The van der Waals surface area contributed by atoms with Crippen LogP contribution in [0.15, 0.2) is 52.2 Å². The van der Waals surface area contributed by atoms with E-state index < -0.39 is 0 Å². The number of ether oxygens (including phenoxy) is 1. The highest BCUT2D eigenvalue weighted by Crippen LogP contribution is 2.20. The molecule has 1 atom stereocenters. The van der Waals surface area contributed by atoms with Gasteiger partial charge < -0.3 is 15.0 Å². The Bertz CT molecular complexity index is 649. The van der Waals surface area contributed by atoms with Crippen molar-refractivity contribution in [2.24, 2.45) is 4.99 Å². The fourth-order valence-electron chi connectivity index (χ4n) is 3.13. The van der Waals surface area contributed by atoms with Gasteiger partial charge in [-0.1, -0.05) is 25.1 Å². The minimum atomic E-state index is 0.293. The quantitative estimate of drug-likeness (QED) is 0.650. The van der Waals surface area contributed by atoms with E-state index in [1.807, 2.05) is 37.4 Å². The lowest BCUT2D eigenvalue weighted by Gasteiger charge is -2.34. The first kappa shape index (κ1) is 17.8. The average Bonchev–Trinajstić information content (AvgIpc) is 3.19. The van der Waals surface area contributed by atoms with Crippen LogP contribution >= 0.6 is 11.3 Å². The second-order valence-electron chi connectivity index (χ2n) is 6.50. The van der Waals surface area contributed by atoms with Gasteiger partial charge in [-0.15, -0.1) is 0 Å². The first-order chi connectivity index (χ1) is 12.3. The zero-order valence-electron chi connectivity index (χ0n) is 15.0. The molecule has 3 rings (SSSR count). The van der Waals surface area contributed by atoms with Gasteiger partial charge in [0.1, 0.15) is 11.9 Å². The monoisotopic (exact) mass is 357 g/mol. The van der Waals surface area contributed by atoms with Crippen molar-refractivity contribution in [1.29, 1.82) is 0 Å². The van der Waals surface area contributed by atoms with Crippen LogP contribution in [0.4, 0.5) is 0 Å². The molecule has 1 unspecified atom stereocenters. The maximum Gasteiger partial charge on any atom is 0.193 e. The molecule has 0 amide bonds. The molecule has 4 nitrogen and oxygen atoms in total. The van der Waals surface area contributed by atoms with Gasteiger partial charge in [0.05, 0.1) is 0 Å². The van der Waals surface area contributed by atoms with Gasteiger partial charge in [-0.3, -0.25) is 4.99 Å². The number of benzene rings is 1. The number of nitrogens with zero attached hydrogens (tertiary/aromatic N) is 2. The van der Waals surface area contributed by atoms with Gasteiger partial charge in [0.15, 0.2) is 5.96 Å². The largest absolute Gasteiger partial charge is 0.490 e. The number of para-hydroxylation sites is 1. The Morgan fingerprint density at radius 3 is 2.68 bits per heavy atom. The SMILES string of the molecule is CN=C(NCC(C)c1ccsc1)N1CCC(Oc2ccccc2)CC1. The Labute approximate surface area is 154 Å². The summed E-state index contributed by atoms with van der Waals surface area (Å²) in [5, 5.41) is 7.89. The van der Waals surface area contributed by atoms with Crippen LogP contribution in [0.3, 0.4) is 0 Å². The Morgan fingerprint density at radius 2 is 2.04 bits per heavy atom. The predicted octanol–water partition coefficient (Wildman–Crippen LogP) is 3.97. The van der Waals surface area contributed by atoms with Crippen molar-refractivity contribution in [3.05, 3.63) is 52.7 Å². The van der Waals surface area contributed by atoms with Crippen molar-refractivity contribution >= 4 is 17.3 Å². The fourth-order valence-corrected chi connectivity index (χ4v) is 3.91. The van der Waals surface area contributed by atoms with E-state index in [1.165, 1.54) is 5.56 Å². The molecular formula is C20H27N3OS. The molecule has 1 aliphatic heterocycles. The third-order valence-electron chi connectivity index (χ3n) is 4.68. The number of hydrogen-bond acceptors (Lipinski definition) is 3. The molecular weight excluding hydrogens is 330 g/mol. The van der Waals surface area contributed by atoms with E-state index in [9.17, 15) is 0 Å². The highest BCUT2D eigenvalue weighted by Gasteiger charge is 2.23. The van der Waals surface area contributed by atoms with Crippen LogP contribution in [0, 0.1) is 0 Å². The lowest BCUT2D eigenvalue weighted by molar-refractivity contribution is 0.129. The van der Waals surface area contributed by atoms with E-state index in [0.29, 0.717) is 12.0 Å². The Hall–Kier alpha value is -2.01. The smallest absolute Gasteiger partial charge is 0.193 e. The number of rotatable bonds is 5. The summed E-state index contributed by atoms with van der Waals surface area (Å²) in [4.78, 5) is 6.81. The molecule has 0 aliphatic carbocycles. The lowest BCUT2D eigenvalue weighted by Crippen LogP contribution is -2.48. The van der Waals surface area contributed by atoms with Gasteiger partial charge in [0, 0.05) is 39.5 Å². The Kier molecular flexibility index (Phi) is 6.34. The first-order valence-electron chi connectivity index (χ1n) is 8.95. The summed E-state index contributed by atoms with van der Waals surface area (Å²) in [7, 11) is 1.87. The van der Waals surface area contributed by atoms with Crippen LogP contribution in [0.5, 0.6) is 5.75 Å². The molecule has 1 aromatic heterocycles. The molecule has 2 heterocycles. The zero-order chi connectivity index (χ0) is 17.5. The van der Waals surface area contributed by atoms with Gasteiger partial charge in [0.2, 0.25) is 0 Å². The van der Waals surface area contributed by atoms with Crippen molar-refractivity contribution in [1.82, 2.24) is 10.2 Å². The highest BCUT2D eigenvalue weighted by atomic mass is 32.1. The number of thiophene rings is 1. The van der Waals surface area contributed by atoms with Crippen molar-refractivity contribution in [3.8, 4) is 5.75 Å². The van der Waals surface area contributed by atoms with Gasteiger partial charge in [-0.2, -0.15) is 11.3 Å². The van der Waals surface area contributed by atoms with Crippen LogP contribution in [0.25, 0.3) is 0 Å². The maximum atomic E-state index is 6.08. The summed E-state index contributed by atoms with van der Waals surface area (Å²) < 4.78 is 6.08. The summed E-state index contributed by atoms with van der Waals surface area (Å²) in [6.07, 6.45) is 2.34. The lowest BCUT2D eigenvalue weighted by atomic mass is 10.1. The van der Waals surface area contributed by atoms with E-state index in [2.05, 4.69) is 39.0 Å². The van der Waals surface area contributed by atoms with Crippen LogP contribution in [-0.2, 0) is 0 Å². The molecule has 5 heteroatoms. The minimum absolute atomic E-state index is 0.293. The maximum absolute atomic E-state index is 6.08. The van der Waals surface area contributed by atoms with Crippen LogP contribution < -0.4 is 10.1 Å². The van der Waals surface area contributed by atoms with Crippen molar-refractivity contribution < 1.29 is 4.74 Å². The number of hydrogen-bond donors (Lipinski definition) is 1. The number of likely N-dealkylation sites (tertiary alicyclic amines) is 1. The highest BCUT2D eigenvalue weighted by molar-refractivity contribution is 7.07. The van der Waals surface area contributed by atoms with E-state index in [4.69, 9.17) is 4.74 Å². The Morgan fingerprint density at radius 1 is 1.28 bits per heavy atom. The normalized spacial score (nSPS) is 17.4. The summed E-state index contributed by atoms with van der Waals surface area (Å²) >= 11 is 1.75. The van der Waals surface area contributed by atoms with E-state index in [-0.39, 0.29) is 0 Å². The molecule has 1 aliphatic rings. The van der Waals surface area contributed by atoms with Gasteiger partial charge in [0.25, 0.3) is 0 Å². The number of aliphatic imine (C=N–C) groups is 1. The summed E-state index contributed by atoms with van der Waals surface area (Å²) in [6.45, 7) is 5.11. The van der Waals surface area contributed by atoms with E-state index in [0.717, 1.165) is 44.2 Å². The van der Waals surface area contributed by atoms with Gasteiger partial charge in [-0.05, 0) is 40.4 Å². The van der Waals surface area contributed by atoms with Crippen molar-refractivity contribution in [2.75, 3.05) is 26.7 Å². The third kappa shape index (κ3) is 4.98. The predicted molar refractivity (Wildman–Crippen MR) is 106 cm³/mol. The molecule has 0 radical (unpaired) electrons. The van der Waals surface area contributed by atoms with Crippen LogP contribution in [0.2, 0.25) is 0 Å². The second kappa shape index (κ2) is 8.90. The first-order valence-corrected chi connectivity index (χ1v) is 9.90. The van der Waals surface area contributed by atoms with E-state index >= 15 is 0 Å². The Balaban J connectivity index is 1.45.